The topological polar surface area (TPSA) is 70.2 Å². The zero-order valence-electron chi connectivity index (χ0n) is 12.5. The molecule has 110 valence electrons. The average molecular weight is 277 g/mol. The summed E-state index contributed by atoms with van der Waals surface area (Å²) in [5, 5.41) is 8.51. The number of nitrogens with one attached hydrogen (secondary N) is 3. The van der Waals surface area contributed by atoms with Crippen LogP contribution in [0.25, 0.3) is 0 Å². The maximum Gasteiger partial charge on any atom is 0.251 e. The van der Waals surface area contributed by atoms with Gasteiger partial charge in [0.15, 0.2) is 0 Å². The lowest BCUT2D eigenvalue weighted by molar-refractivity contribution is -0.115. The summed E-state index contributed by atoms with van der Waals surface area (Å²) in [5.74, 6) is -0.299. The van der Waals surface area contributed by atoms with E-state index in [1.807, 2.05) is 13.8 Å². The fourth-order valence-electron chi connectivity index (χ4n) is 1.53. The van der Waals surface area contributed by atoms with E-state index < -0.39 is 0 Å². The van der Waals surface area contributed by atoms with E-state index in [0.717, 1.165) is 6.42 Å². The summed E-state index contributed by atoms with van der Waals surface area (Å²) < 4.78 is 0. The molecule has 0 aliphatic rings. The van der Waals surface area contributed by atoms with Crippen molar-refractivity contribution in [1.82, 2.24) is 10.6 Å². The van der Waals surface area contributed by atoms with Crippen LogP contribution in [0.2, 0.25) is 0 Å². The fraction of sp³-hybridized carbons (Fsp3) is 0.467. The SMILES string of the molecule is CCC(C)(C)NCC(=O)Nc1cccc(C(=O)NC)c1. The number of hydrogen-bond donors (Lipinski definition) is 3. The van der Waals surface area contributed by atoms with Gasteiger partial charge in [0, 0.05) is 23.8 Å². The lowest BCUT2D eigenvalue weighted by atomic mass is 10.0. The summed E-state index contributed by atoms with van der Waals surface area (Å²) in [5.41, 5.74) is 1.07. The van der Waals surface area contributed by atoms with Crippen LogP contribution in [0.1, 0.15) is 37.6 Å². The molecule has 0 fully saturated rings. The van der Waals surface area contributed by atoms with Gasteiger partial charge in [-0.1, -0.05) is 13.0 Å². The van der Waals surface area contributed by atoms with E-state index in [2.05, 4.69) is 22.9 Å². The Labute approximate surface area is 120 Å². The first-order valence-electron chi connectivity index (χ1n) is 6.75. The Morgan fingerprint density at radius 2 is 1.95 bits per heavy atom. The Kier molecular flexibility index (Phi) is 5.70. The van der Waals surface area contributed by atoms with Gasteiger partial charge in [0.2, 0.25) is 5.91 Å². The Morgan fingerprint density at radius 1 is 1.25 bits per heavy atom. The first kappa shape index (κ1) is 16.2. The molecule has 0 saturated heterocycles. The Morgan fingerprint density at radius 3 is 2.55 bits per heavy atom. The molecule has 0 heterocycles. The quantitative estimate of drug-likeness (QED) is 0.742. The lowest BCUT2D eigenvalue weighted by Crippen LogP contribution is -2.43. The summed E-state index contributed by atoms with van der Waals surface area (Å²) >= 11 is 0. The van der Waals surface area contributed by atoms with Crippen LogP contribution in [-0.4, -0.2) is 30.9 Å². The Balaban J connectivity index is 2.60. The molecule has 1 rings (SSSR count). The van der Waals surface area contributed by atoms with Crippen molar-refractivity contribution in [2.45, 2.75) is 32.7 Å². The van der Waals surface area contributed by atoms with Gasteiger partial charge in [-0.3, -0.25) is 9.59 Å². The highest BCUT2D eigenvalue weighted by molar-refractivity contribution is 5.97. The molecule has 2 amide bonds. The number of amides is 2. The molecule has 3 N–H and O–H groups in total. The number of benzene rings is 1. The Bertz CT molecular complexity index is 484. The number of carbonyl (C=O) groups is 2. The van der Waals surface area contributed by atoms with E-state index >= 15 is 0 Å². The molecule has 5 heteroatoms. The maximum absolute atomic E-state index is 11.9. The molecular formula is C15H23N3O2. The van der Waals surface area contributed by atoms with Crippen molar-refractivity contribution >= 4 is 17.5 Å². The Hall–Kier alpha value is -1.88. The number of carbonyl (C=O) groups excluding carboxylic acids is 2. The number of hydrogen-bond acceptors (Lipinski definition) is 3. The molecule has 20 heavy (non-hydrogen) atoms. The molecule has 0 unspecified atom stereocenters. The van der Waals surface area contributed by atoms with E-state index in [1.54, 1.807) is 31.3 Å². The summed E-state index contributed by atoms with van der Waals surface area (Å²) in [6.07, 6.45) is 0.937. The molecule has 0 aliphatic carbocycles. The summed E-state index contributed by atoms with van der Waals surface area (Å²) in [6.45, 7) is 6.40. The average Bonchev–Trinajstić information content (AvgIpc) is 2.44. The van der Waals surface area contributed by atoms with Gasteiger partial charge in [0.25, 0.3) is 5.91 Å². The second kappa shape index (κ2) is 7.05. The second-order valence-electron chi connectivity index (χ2n) is 5.30. The van der Waals surface area contributed by atoms with Crippen molar-refractivity contribution in [2.75, 3.05) is 18.9 Å². The van der Waals surface area contributed by atoms with E-state index in [0.29, 0.717) is 11.3 Å². The molecule has 0 aromatic heterocycles. The molecular weight excluding hydrogens is 254 g/mol. The van der Waals surface area contributed by atoms with Gasteiger partial charge in [-0.2, -0.15) is 0 Å². The fourth-order valence-corrected chi connectivity index (χ4v) is 1.53. The molecule has 1 aromatic rings. The third-order valence-corrected chi connectivity index (χ3v) is 3.25. The summed E-state index contributed by atoms with van der Waals surface area (Å²) in [4.78, 5) is 23.4. The summed E-state index contributed by atoms with van der Waals surface area (Å²) in [7, 11) is 1.57. The van der Waals surface area contributed by atoms with Crippen LogP contribution in [-0.2, 0) is 4.79 Å². The molecule has 0 saturated carbocycles. The monoisotopic (exact) mass is 277 g/mol. The highest BCUT2D eigenvalue weighted by atomic mass is 16.2. The van der Waals surface area contributed by atoms with Crippen molar-refractivity contribution in [3.63, 3.8) is 0 Å². The highest BCUT2D eigenvalue weighted by Gasteiger charge is 2.15. The van der Waals surface area contributed by atoms with Crippen LogP contribution in [0.5, 0.6) is 0 Å². The van der Waals surface area contributed by atoms with Crippen molar-refractivity contribution in [1.29, 1.82) is 0 Å². The predicted molar refractivity (Wildman–Crippen MR) is 80.8 cm³/mol. The minimum Gasteiger partial charge on any atom is -0.355 e. The molecule has 0 aliphatic heterocycles. The smallest absolute Gasteiger partial charge is 0.251 e. The molecule has 5 nitrogen and oxygen atoms in total. The second-order valence-corrected chi connectivity index (χ2v) is 5.30. The van der Waals surface area contributed by atoms with E-state index in [4.69, 9.17) is 0 Å². The van der Waals surface area contributed by atoms with Crippen molar-refractivity contribution in [2.24, 2.45) is 0 Å². The molecule has 0 atom stereocenters. The zero-order valence-corrected chi connectivity index (χ0v) is 12.5. The van der Waals surface area contributed by atoms with Gasteiger partial charge in [0.05, 0.1) is 6.54 Å². The van der Waals surface area contributed by atoms with Crippen LogP contribution in [0, 0.1) is 0 Å². The molecule has 0 spiro atoms. The molecule has 1 aromatic carbocycles. The van der Waals surface area contributed by atoms with Gasteiger partial charge in [-0.05, 0) is 38.5 Å². The van der Waals surface area contributed by atoms with Crippen molar-refractivity contribution < 1.29 is 9.59 Å². The lowest BCUT2D eigenvalue weighted by Gasteiger charge is -2.24. The third kappa shape index (κ3) is 5.01. The van der Waals surface area contributed by atoms with Gasteiger partial charge >= 0.3 is 0 Å². The zero-order chi connectivity index (χ0) is 15.2. The van der Waals surface area contributed by atoms with E-state index in [9.17, 15) is 9.59 Å². The molecule has 0 radical (unpaired) electrons. The largest absolute Gasteiger partial charge is 0.355 e. The first-order chi connectivity index (χ1) is 9.38. The van der Waals surface area contributed by atoms with Crippen LogP contribution < -0.4 is 16.0 Å². The van der Waals surface area contributed by atoms with Crippen LogP contribution in [0.4, 0.5) is 5.69 Å². The predicted octanol–water partition coefficient (Wildman–Crippen LogP) is 1.76. The van der Waals surface area contributed by atoms with Crippen LogP contribution >= 0.6 is 0 Å². The first-order valence-corrected chi connectivity index (χ1v) is 6.75. The van der Waals surface area contributed by atoms with Gasteiger partial charge in [0.1, 0.15) is 0 Å². The number of anilines is 1. The minimum atomic E-state index is -0.175. The van der Waals surface area contributed by atoms with Crippen LogP contribution in [0.15, 0.2) is 24.3 Å². The standard InChI is InChI=1S/C15H23N3O2/c1-5-15(2,3)17-10-13(19)18-12-8-6-7-11(9-12)14(20)16-4/h6-9,17H,5,10H2,1-4H3,(H,16,20)(H,18,19). The normalized spacial score (nSPS) is 11.0. The van der Waals surface area contributed by atoms with Crippen molar-refractivity contribution in [3.8, 4) is 0 Å². The maximum atomic E-state index is 11.9. The number of rotatable bonds is 6. The summed E-state index contributed by atoms with van der Waals surface area (Å²) in [6, 6.07) is 6.85. The highest BCUT2D eigenvalue weighted by Crippen LogP contribution is 2.11. The third-order valence-electron chi connectivity index (χ3n) is 3.25. The molecule has 0 bridgehead atoms. The van der Waals surface area contributed by atoms with E-state index in [-0.39, 0.29) is 23.9 Å². The van der Waals surface area contributed by atoms with E-state index in [1.165, 1.54) is 0 Å². The van der Waals surface area contributed by atoms with Crippen LogP contribution in [0.3, 0.4) is 0 Å². The van der Waals surface area contributed by atoms with Crippen molar-refractivity contribution in [3.05, 3.63) is 29.8 Å². The van der Waals surface area contributed by atoms with Gasteiger partial charge in [-0.15, -0.1) is 0 Å². The van der Waals surface area contributed by atoms with Gasteiger partial charge in [-0.25, -0.2) is 0 Å². The minimum absolute atomic E-state index is 0.0682. The van der Waals surface area contributed by atoms with Gasteiger partial charge < -0.3 is 16.0 Å².